The molecule has 49 heavy (non-hydrogen) atoms. The first-order valence-electron chi connectivity index (χ1n) is 19.4. The summed E-state index contributed by atoms with van der Waals surface area (Å²) < 4.78 is 6.81. The van der Waals surface area contributed by atoms with Gasteiger partial charge in [0.1, 0.15) is 11.5 Å². The van der Waals surface area contributed by atoms with Crippen LogP contribution in [-0.2, 0) is 15.6 Å². The summed E-state index contributed by atoms with van der Waals surface area (Å²) in [6.45, 7) is 29.7. The van der Waals surface area contributed by atoms with Crippen LogP contribution in [0.15, 0.2) is 53.1 Å². The summed E-state index contributed by atoms with van der Waals surface area (Å²) in [7, 11) is -1.14. The van der Waals surface area contributed by atoms with Gasteiger partial charge in [0, 0.05) is 32.3 Å². The Bertz CT molecular complexity index is 1630. The van der Waals surface area contributed by atoms with Crippen molar-refractivity contribution in [2.45, 2.75) is 148 Å². The maximum Gasteiger partial charge on any atom is 0.269 e. The van der Waals surface area contributed by atoms with E-state index in [1.54, 1.807) is 0 Å². The van der Waals surface area contributed by atoms with Gasteiger partial charge in [0.15, 0.2) is 0 Å². The van der Waals surface area contributed by atoms with Crippen LogP contribution in [0.4, 0.5) is 5.69 Å². The van der Waals surface area contributed by atoms with E-state index in [1.165, 1.54) is 86.2 Å². The summed E-state index contributed by atoms with van der Waals surface area (Å²) >= 11 is 0. The van der Waals surface area contributed by atoms with Crippen LogP contribution in [-0.4, -0.2) is 21.2 Å². The van der Waals surface area contributed by atoms with Crippen molar-refractivity contribution in [3.05, 3.63) is 81.3 Å². The first kappa shape index (κ1) is 35.8. The summed E-state index contributed by atoms with van der Waals surface area (Å²) in [5, 5.41) is 9.89. The maximum atomic E-state index is 9.89. The minimum atomic E-state index is -1.14. The topological polar surface area (TPSA) is 40.6 Å². The lowest BCUT2D eigenvalue weighted by Gasteiger charge is -2.54. The van der Waals surface area contributed by atoms with E-state index in [1.807, 2.05) is 12.2 Å². The molecule has 262 valence electrons. The fraction of sp³-hybridized carbons (Fsp3) is 0.636. The van der Waals surface area contributed by atoms with Crippen LogP contribution in [0.2, 0.25) is 25.7 Å². The molecule has 0 saturated heterocycles. The molecule has 1 unspecified atom stereocenters. The lowest BCUT2D eigenvalue weighted by molar-refractivity contribution is -0.0195. The summed E-state index contributed by atoms with van der Waals surface area (Å²) in [6, 6.07) is 8.43. The highest BCUT2D eigenvalue weighted by molar-refractivity contribution is 6.76. The molecule has 0 spiro atoms. The number of allylic oxidation sites excluding steroid dienone is 6. The molecule has 4 nitrogen and oxygen atoms in total. The molecule has 7 rings (SSSR count). The Hall–Kier alpha value is -3.02. The number of fused-ring (bicyclic) bond motifs is 3. The van der Waals surface area contributed by atoms with E-state index in [-0.39, 0.29) is 21.9 Å². The SMILES string of the molecule is [C-]#[N+]/C(C#N)=C1C=C(/C=C/c2cc3c4c(c2)C(C)(C)C(CC[Si](C)(C)C)CN4CCC3(C)C)OC(C23CCC(CCCCC)(CC2)CC3)=C\1. The Kier molecular flexibility index (Phi) is 9.69. The largest absolute Gasteiger partial charge is 0.461 e. The lowest BCUT2D eigenvalue weighted by Crippen LogP contribution is -2.50. The van der Waals surface area contributed by atoms with Crippen molar-refractivity contribution in [3.63, 3.8) is 0 Å². The number of hydrogen-bond acceptors (Lipinski definition) is 3. The summed E-state index contributed by atoms with van der Waals surface area (Å²) in [4.78, 5) is 6.34. The number of benzene rings is 1. The molecule has 1 aromatic carbocycles. The molecule has 1 aromatic rings. The van der Waals surface area contributed by atoms with Crippen molar-refractivity contribution in [1.29, 1.82) is 5.26 Å². The number of hydrogen-bond donors (Lipinski definition) is 0. The average molecular weight is 676 g/mol. The van der Waals surface area contributed by atoms with Crippen molar-refractivity contribution in [3.8, 4) is 6.07 Å². The van der Waals surface area contributed by atoms with Crippen molar-refractivity contribution >= 4 is 19.8 Å². The third-order valence-electron chi connectivity index (χ3n) is 13.6. The summed E-state index contributed by atoms with van der Waals surface area (Å²) in [5.41, 5.74) is 7.23. The predicted molar refractivity (Wildman–Crippen MR) is 208 cm³/mol. The molecule has 0 amide bonds. The van der Waals surface area contributed by atoms with E-state index < -0.39 is 8.07 Å². The summed E-state index contributed by atoms with van der Waals surface area (Å²) in [5.74, 6) is 2.35. The fourth-order valence-corrected chi connectivity index (χ4v) is 11.0. The Morgan fingerprint density at radius 1 is 1.00 bits per heavy atom. The van der Waals surface area contributed by atoms with E-state index in [0.29, 0.717) is 16.9 Å². The number of ether oxygens (including phenoxy) is 1. The molecule has 3 aliphatic carbocycles. The smallest absolute Gasteiger partial charge is 0.269 e. The van der Waals surface area contributed by atoms with Gasteiger partial charge in [0.25, 0.3) is 5.70 Å². The Balaban J connectivity index is 1.32. The van der Waals surface area contributed by atoms with Crippen LogP contribution in [0.5, 0.6) is 0 Å². The highest BCUT2D eigenvalue weighted by Crippen LogP contribution is 2.62. The number of nitrogens with zero attached hydrogens (tertiary/aromatic N) is 3. The van der Waals surface area contributed by atoms with Gasteiger partial charge in [-0.2, -0.15) is 0 Å². The molecular weight excluding hydrogens is 615 g/mol. The maximum absolute atomic E-state index is 9.89. The number of anilines is 1. The predicted octanol–water partition coefficient (Wildman–Crippen LogP) is 12.2. The van der Waals surface area contributed by atoms with Crippen LogP contribution < -0.4 is 4.90 Å². The molecule has 3 heterocycles. The standard InChI is InChI=1S/C44H61N3OSi/c1-10-11-12-16-43-17-20-44(21-18-43,22-19-43)39-29-33(38(30-45)46-6)28-35(48-39)14-13-32-26-36-40-37(27-32)42(4,5)34(15-25-49(7,8)9)31-47(40)24-23-41(36,2)3/h13-14,26-29,34H,10-12,15-25,31H2,1-5,7-9H3/b14-13+,38-33+. The highest BCUT2D eigenvalue weighted by atomic mass is 28.3. The Morgan fingerprint density at radius 2 is 1.69 bits per heavy atom. The molecule has 6 aliphatic rings. The molecule has 3 fully saturated rings. The van der Waals surface area contributed by atoms with Crippen LogP contribution >= 0.6 is 0 Å². The van der Waals surface area contributed by atoms with E-state index in [4.69, 9.17) is 11.3 Å². The fourth-order valence-electron chi connectivity index (χ4n) is 9.81. The van der Waals surface area contributed by atoms with Gasteiger partial charge in [-0.05, 0) is 126 Å². The third-order valence-corrected chi connectivity index (χ3v) is 15.3. The first-order chi connectivity index (χ1) is 23.1. The molecule has 1 atom stereocenters. The zero-order chi connectivity index (χ0) is 35.2. The van der Waals surface area contributed by atoms with Crippen LogP contribution in [0.1, 0.15) is 128 Å². The van der Waals surface area contributed by atoms with Crippen molar-refractivity contribution < 1.29 is 4.74 Å². The molecule has 5 heteroatoms. The average Bonchev–Trinajstić information content (AvgIpc) is 3.07. The molecule has 0 radical (unpaired) electrons. The normalized spacial score (nSPS) is 29.3. The van der Waals surface area contributed by atoms with Gasteiger partial charge in [0.2, 0.25) is 0 Å². The van der Waals surface area contributed by atoms with Crippen molar-refractivity contribution in [1.82, 2.24) is 0 Å². The second-order valence-corrected chi connectivity index (χ2v) is 24.4. The molecule has 2 bridgehead atoms. The molecule has 0 aromatic heterocycles. The van der Waals surface area contributed by atoms with Crippen molar-refractivity contribution in [2.75, 3.05) is 18.0 Å². The number of rotatable bonds is 10. The minimum absolute atomic E-state index is 0.00607. The zero-order valence-corrected chi connectivity index (χ0v) is 32.9. The minimum Gasteiger partial charge on any atom is -0.461 e. The van der Waals surface area contributed by atoms with Gasteiger partial charge >= 0.3 is 0 Å². The van der Waals surface area contributed by atoms with Crippen molar-refractivity contribution in [2.24, 2.45) is 16.7 Å². The summed E-state index contributed by atoms with van der Waals surface area (Å²) in [6.07, 6.45) is 23.3. The second kappa shape index (κ2) is 13.3. The zero-order valence-electron chi connectivity index (χ0n) is 31.9. The lowest BCUT2D eigenvalue weighted by atomic mass is 9.52. The van der Waals surface area contributed by atoms with Gasteiger partial charge in [-0.1, -0.05) is 92.1 Å². The van der Waals surface area contributed by atoms with E-state index in [0.717, 1.165) is 43.9 Å². The monoisotopic (exact) mass is 675 g/mol. The molecular formula is C44H61N3OSi. The highest BCUT2D eigenvalue weighted by Gasteiger charge is 2.51. The van der Waals surface area contributed by atoms with E-state index in [2.05, 4.69) is 94.4 Å². The quantitative estimate of drug-likeness (QED) is 0.107. The van der Waals surface area contributed by atoms with Gasteiger partial charge in [-0.15, -0.1) is 0 Å². The van der Waals surface area contributed by atoms with E-state index in [9.17, 15) is 5.26 Å². The molecule has 3 aliphatic heterocycles. The Morgan fingerprint density at radius 3 is 2.33 bits per heavy atom. The second-order valence-electron chi connectivity index (χ2n) is 18.8. The van der Waals surface area contributed by atoms with Crippen LogP contribution in [0.25, 0.3) is 10.9 Å². The number of nitriles is 1. The van der Waals surface area contributed by atoms with Crippen LogP contribution in [0, 0.1) is 34.7 Å². The van der Waals surface area contributed by atoms with Crippen LogP contribution in [0.3, 0.4) is 0 Å². The Labute approximate surface area is 299 Å². The molecule has 3 saturated carbocycles. The first-order valence-corrected chi connectivity index (χ1v) is 23.1. The van der Waals surface area contributed by atoms with E-state index >= 15 is 0 Å². The number of unbranched alkanes of at least 4 members (excludes halogenated alkanes) is 2. The molecule has 0 N–H and O–H groups in total. The van der Waals surface area contributed by atoms with Gasteiger partial charge in [-0.3, -0.25) is 0 Å². The third kappa shape index (κ3) is 7.00. The van der Waals surface area contributed by atoms with Gasteiger partial charge in [-0.25, -0.2) is 10.1 Å². The van der Waals surface area contributed by atoms with Gasteiger partial charge in [0.05, 0.1) is 12.6 Å². The van der Waals surface area contributed by atoms with Gasteiger partial charge < -0.3 is 9.64 Å².